The molecule has 0 atom stereocenters. The van der Waals surface area contributed by atoms with Gasteiger partial charge in [-0.15, -0.1) is 0 Å². The number of hydrogen-bond acceptors (Lipinski definition) is 3. The molecule has 0 aliphatic carbocycles. The van der Waals surface area contributed by atoms with E-state index in [4.69, 9.17) is 4.74 Å². The van der Waals surface area contributed by atoms with Crippen molar-refractivity contribution < 1.29 is 35.9 Å². The fourth-order valence-electron chi connectivity index (χ4n) is 6.17. The Bertz CT molecular complexity index is 1940. The molecule has 0 bridgehead atoms. The molecule has 232 valence electrons. The molecule has 0 saturated heterocycles. The highest BCUT2D eigenvalue weighted by molar-refractivity contribution is 6.09. The second kappa shape index (κ2) is 11.1. The molecule has 0 saturated carbocycles. The van der Waals surface area contributed by atoms with Crippen molar-refractivity contribution in [2.75, 3.05) is 18.1 Å². The molecule has 2 heterocycles. The fourth-order valence-corrected chi connectivity index (χ4v) is 6.17. The van der Waals surface area contributed by atoms with Crippen LogP contribution in [0.5, 0.6) is 5.75 Å². The van der Waals surface area contributed by atoms with Crippen LogP contribution in [0.25, 0.3) is 22.3 Å². The maximum absolute atomic E-state index is 13.4. The van der Waals surface area contributed by atoms with E-state index in [1.807, 2.05) is 24.3 Å². The Morgan fingerprint density at radius 3 is 1.72 bits per heavy atom. The van der Waals surface area contributed by atoms with E-state index < -0.39 is 23.5 Å². The predicted octanol–water partition coefficient (Wildman–Crippen LogP) is 9.92. The highest BCUT2D eigenvalue weighted by Gasteiger charge is 2.43. The molecule has 0 aromatic heterocycles. The largest absolute Gasteiger partial charge is 0.493 e. The molecule has 0 unspecified atom stereocenters. The minimum absolute atomic E-state index is 0.0406. The average molecular weight is 630 g/mol. The SMILES string of the molecule is O=C(c1ccc(-c2ccc(N3CCc4cc5c(cc43)OCC5)cc2)cc1)c1ccc(-c2ccc(C(F)(F)F)c(C(F)(F)F)c2)cc1. The molecule has 2 aliphatic rings. The summed E-state index contributed by atoms with van der Waals surface area (Å²) in [6.45, 7) is 1.62. The van der Waals surface area contributed by atoms with Gasteiger partial charge in [-0.2, -0.15) is 26.3 Å². The third-order valence-corrected chi connectivity index (χ3v) is 8.56. The van der Waals surface area contributed by atoms with Crippen LogP contribution in [0.1, 0.15) is 38.2 Å². The first-order chi connectivity index (χ1) is 22.0. The Hall–Kier alpha value is -5.05. The Kier molecular flexibility index (Phi) is 7.14. The molecule has 5 aromatic carbocycles. The molecule has 46 heavy (non-hydrogen) atoms. The van der Waals surface area contributed by atoms with Crippen LogP contribution in [0.2, 0.25) is 0 Å². The van der Waals surface area contributed by atoms with Gasteiger partial charge in [0.15, 0.2) is 5.78 Å². The smallest absolute Gasteiger partial charge is 0.417 e. The summed E-state index contributed by atoms with van der Waals surface area (Å²) in [5.74, 6) is 0.673. The zero-order valence-electron chi connectivity index (χ0n) is 24.2. The van der Waals surface area contributed by atoms with Gasteiger partial charge in [-0.05, 0) is 70.1 Å². The van der Waals surface area contributed by atoms with Crippen LogP contribution in [-0.4, -0.2) is 18.9 Å². The second-order valence-electron chi connectivity index (χ2n) is 11.4. The topological polar surface area (TPSA) is 29.5 Å². The molecule has 9 heteroatoms. The van der Waals surface area contributed by atoms with E-state index in [1.54, 1.807) is 12.1 Å². The van der Waals surface area contributed by atoms with Crippen LogP contribution in [0, 0.1) is 0 Å². The lowest BCUT2D eigenvalue weighted by Crippen LogP contribution is -2.16. The molecular weight excluding hydrogens is 604 g/mol. The molecule has 5 aromatic rings. The summed E-state index contributed by atoms with van der Waals surface area (Å²) in [4.78, 5) is 15.4. The Morgan fingerprint density at radius 2 is 1.13 bits per heavy atom. The number of rotatable bonds is 5. The van der Waals surface area contributed by atoms with Crippen molar-refractivity contribution in [1.29, 1.82) is 0 Å². The minimum atomic E-state index is -5.18. The van der Waals surface area contributed by atoms with Gasteiger partial charge < -0.3 is 9.64 Å². The number of benzene rings is 5. The van der Waals surface area contributed by atoms with Crippen LogP contribution in [0.4, 0.5) is 37.7 Å². The number of ether oxygens (including phenoxy) is 1. The van der Waals surface area contributed by atoms with Gasteiger partial charge in [0.25, 0.3) is 0 Å². The van der Waals surface area contributed by atoms with Crippen LogP contribution in [-0.2, 0) is 25.2 Å². The molecule has 0 amide bonds. The first-order valence-electron chi connectivity index (χ1n) is 14.7. The van der Waals surface area contributed by atoms with Gasteiger partial charge in [0.1, 0.15) is 5.75 Å². The van der Waals surface area contributed by atoms with E-state index in [2.05, 4.69) is 29.2 Å². The van der Waals surface area contributed by atoms with Crippen LogP contribution in [0.3, 0.4) is 0 Å². The molecule has 0 N–H and O–H groups in total. The monoisotopic (exact) mass is 629 g/mol. The minimum Gasteiger partial charge on any atom is -0.493 e. The van der Waals surface area contributed by atoms with Gasteiger partial charge in [0.2, 0.25) is 0 Å². The van der Waals surface area contributed by atoms with E-state index in [1.165, 1.54) is 41.1 Å². The lowest BCUT2D eigenvalue weighted by atomic mass is 9.95. The number of alkyl halides is 6. The van der Waals surface area contributed by atoms with Crippen molar-refractivity contribution in [3.05, 3.63) is 137 Å². The van der Waals surface area contributed by atoms with E-state index in [0.29, 0.717) is 23.3 Å². The normalized spacial score (nSPS) is 14.2. The number of hydrogen-bond donors (Lipinski definition) is 0. The van der Waals surface area contributed by atoms with Gasteiger partial charge >= 0.3 is 12.4 Å². The summed E-state index contributed by atoms with van der Waals surface area (Å²) >= 11 is 0. The maximum atomic E-state index is 13.4. The number of halogens is 6. The van der Waals surface area contributed by atoms with Crippen molar-refractivity contribution in [3.8, 4) is 28.0 Å². The van der Waals surface area contributed by atoms with E-state index in [9.17, 15) is 31.1 Å². The van der Waals surface area contributed by atoms with Gasteiger partial charge in [-0.1, -0.05) is 66.7 Å². The third kappa shape index (κ3) is 5.50. The summed E-state index contributed by atoms with van der Waals surface area (Å²) in [5, 5.41) is 0. The molecule has 0 spiro atoms. The molecule has 7 rings (SSSR count). The van der Waals surface area contributed by atoms with Gasteiger partial charge in [0.05, 0.1) is 17.7 Å². The first kappa shape index (κ1) is 29.6. The summed E-state index contributed by atoms with van der Waals surface area (Å²) in [7, 11) is 0. The van der Waals surface area contributed by atoms with E-state index >= 15 is 0 Å². The standard InChI is InChI=1S/C37H25F6NO2/c38-36(39,40)31-14-11-27(20-32(31)37(41,42)43)24-3-7-26(8-4-24)35(45)25-5-1-22(2-6-25)23-9-12-30(13-10-23)44-17-15-28-19-29-16-18-46-34(29)21-33(28)44/h1-14,19-21H,15-18H2. The highest BCUT2D eigenvalue weighted by atomic mass is 19.4. The van der Waals surface area contributed by atoms with Crippen molar-refractivity contribution >= 4 is 17.2 Å². The van der Waals surface area contributed by atoms with Gasteiger partial charge in [-0.3, -0.25) is 4.79 Å². The zero-order chi connectivity index (χ0) is 32.2. The molecular formula is C37H25F6NO2. The molecule has 3 nitrogen and oxygen atoms in total. The number of fused-ring (bicyclic) bond motifs is 2. The number of nitrogens with zero attached hydrogens (tertiary/aromatic N) is 1. The molecule has 0 radical (unpaired) electrons. The second-order valence-corrected chi connectivity index (χ2v) is 11.4. The van der Waals surface area contributed by atoms with E-state index in [-0.39, 0.29) is 16.9 Å². The van der Waals surface area contributed by atoms with Gasteiger partial charge in [0, 0.05) is 41.5 Å². The number of anilines is 2. The number of ketones is 1. The quantitative estimate of drug-likeness (QED) is 0.143. The number of carbonyl (C=O) groups is 1. The average Bonchev–Trinajstić information content (AvgIpc) is 3.69. The summed E-state index contributed by atoms with van der Waals surface area (Å²) in [6.07, 6.45) is -8.39. The van der Waals surface area contributed by atoms with Crippen molar-refractivity contribution in [3.63, 3.8) is 0 Å². The van der Waals surface area contributed by atoms with Crippen molar-refractivity contribution in [1.82, 2.24) is 0 Å². The van der Waals surface area contributed by atoms with E-state index in [0.717, 1.165) is 54.6 Å². The Morgan fingerprint density at radius 1 is 0.587 bits per heavy atom. The lowest BCUT2D eigenvalue weighted by molar-refractivity contribution is -0.162. The lowest BCUT2D eigenvalue weighted by Gasteiger charge is -2.20. The summed E-state index contributed by atoms with van der Waals surface area (Å²) in [5.41, 5.74) is 4.21. The molecule has 2 aliphatic heterocycles. The Labute approximate surface area is 260 Å². The third-order valence-electron chi connectivity index (χ3n) is 8.56. The first-order valence-corrected chi connectivity index (χ1v) is 14.7. The summed E-state index contributed by atoms with van der Waals surface area (Å²) < 4.78 is 85.4. The number of carbonyl (C=O) groups excluding carboxylic acids is 1. The summed E-state index contributed by atoms with van der Waals surface area (Å²) in [6, 6.07) is 27.4. The van der Waals surface area contributed by atoms with Gasteiger partial charge in [-0.25, -0.2) is 0 Å². The zero-order valence-corrected chi connectivity index (χ0v) is 24.2. The maximum Gasteiger partial charge on any atom is 0.417 e. The molecule has 0 fully saturated rings. The Balaban J connectivity index is 1.06. The van der Waals surface area contributed by atoms with Crippen LogP contribution >= 0.6 is 0 Å². The van der Waals surface area contributed by atoms with Crippen LogP contribution in [0.15, 0.2) is 103 Å². The van der Waals surface area contributed by atoms with Crippen molar-refractivity contribution in [2.45, 2.75) is 25.2 Å². The fraction of sp³-hybridized carbons (Fsp3) is 0.162. The van der Waals surface area contributed by atoms with Crippen molar-refractivity contribution in [2.24, 2.45) is 0 Å². The highest BCUT2D eigenvalue weighted by Crippen LogP contribution is 2.43. The predicted molar refractivity (Wildman–Crippen MR) is 164 cm³/mol. The van der Waals surface area contributed by atoms with Crippen LogP contribution < -0.4 is 9.64 Å².